The zero-order valence-corrected chi connectivity index (χ0v) is 16.0. The van der Waals surface area contributed by atoms with Crippen LogP contribution in [0.4, 0.5) is 0 Å². The van der Waals surface area contributed by atoms with Crippen LogP contribution < -0.4 is 14.9 Å². The standard InChI is InChI=1S/C24H18O5/c1-15-21(25)17-11-8-12-18(23(17)29-22(15)16-9-4-3-5-10-16)24(26)28-20-14-7-6-13-19(20)27-2/h3-14H,1-2H3. The van der Waals surface area contributed by atoms with E-state index in [0.29, 0.717) is 22.5 Å². The summed E-state index contributed by atoms with van der Waals surface area (Å²) in [6, 6.07) is 21.0. The van der Waals surface area contributed by atoms with Gasteiger partial charge in [0.2, 0.25) is 0 Å². The maximum atomic E-state index is 12.9. The number of carbonyl (C=O) groups is 1. The average molecular weight is 386 g/mol. The van der Waals surface area contributed by atoms with E-state index in [9.17, 15) is 9.59 Å². The molecular formula is C24H18O5. The van der Waals surface area contributed by atoms with Crippen molar-refractivity contribution in [1.82, 2.24) is 0 Å². The molecule has 0 radical (unpaired) electrons. The number of para-hydroxylation sites is 3. The van der Waals surface area contributed by atoms with Gasteiger partial charge in [0.15, 0.2) is 22.5 Å². The van der Waals surface area contributed by atoms with Crippen molar-refractivity contribution in [3.63, 3.8) is 0 Å². The van der Waals surface area contributed by atoms with Crippen molar-refractivity contribution < 1.29 is 18.7 Å². The summed E-state index contributed by atoms with van der Waals surface area (Å²) in [5.74, 6) is 0.518. The van der Waals surface area contributed by atoms with Crippen LogP contribution in [0.3, 0.4) is 0 Å². The number of hydrogen-bond acceptors (Lipinski definition) is 5. The van der Waals surface area contributed by atoms with E-state index in [0.717, 1.165) is 5.56 Å². The summed E-state index contributed by atoms with van der Waals surface area (Å²) in [5, 5.41) is 0.330. The van der Waals surface area contributed by atoms with Gasteiger partial charge in [-0.05, 0) is 31.2 Å². The molecule has 0 saturated heterocycles. The highest BCUT2D eigenvalue weighted by molar-refractivity contribution is 6.03. The number of carbonyl (C=O) groups excluding carboxylic acids is 1. The third-order valence-corrected chi connectivity index (χ3v) is 4.67. The molecule has 5 nitrogen and oxygen atoms in total. The summed E-state index contributed by atoms with van der Waals surface area (Å²) in [7, 11) is 1.50. The van der Waals surface area contributed by atoms with E-state index < -0.39 is 5.97 Å². The molecule has 4 rings (SSSR count). The van der Waals surface area contributed by atoms with Gasteiger partial charge in [0.1, 0.15) is 11.3 Å². The fraction of sp³-hybridized carbons (Fsp3) is 0.0833. The Bertz CT molecular complexity index is 1260. The smallest absolute Gasteiger partial charge is 0.347 e. The molecule has 4 aromatic rings. The molecule has 29 heavy (non-hydrogen) atoms. The lowest BCUT2D eigenvalue weighted by atomic mass is 10.0. The normalized spacial score (nSPS) is 10.7. The van der Waals surface area contributed by atoms with Gasteiger partial charge in [0.05, 0.1) is 12.5 Å². The average Bonchev–Trinajstić information content (AvgIpc) is 2.76. The first kappa shape index (κ1) is 18.5. The number of hydrogen-bond donors (Lipinski definition) is 0. The molecule has 0 aliphatic rings. The Morgan fingerprint density at radius 1 is 0.862 bits per heavy atom. The molecule has 1 aromatic heterocycles. The summed E-state index contributed by atoms with van der Waals surface area (Å²) in [6.07, 6.45) is 0. The van der Waals surface area contributed by atoms with Gasteiger partial charge < -0.3 is 13.9 Å². The minimum Gasteiger partial charge on any atom is -0.493 e. The van der Waals surface area contributed by atoms with E-state index in [-0.39, 0.29) is 22.3 Å². The van der Waals surface area contributed by atoms with Gasteiger partial charge in [-0.2, -0.15) is 0 Å². The molecule has 0 amide bonds. The van der Waals surface area contributed by atoms with E-state index in [1.807, 2.05) is 30.3 Å². The Labute approximate surface area is 167 Å². The van der Waals surface area contributed by atoms with Crippen molar-refractivity contribution >= 4 is 16.9 Å². The Hall–Kier alpha value is -3.86. The van der Waals surface area contributed by atoms with E-state index >= 15 is 0 Å². The van der Waals surface area contributed by atoms with Crippen molar-refractivity contribution in [2.45, 2.75) is 6.92 Å². The van der Waals surface area contributed by atoms with Crippen molar-refractivity contribution in [2.24, 2.45) is 0 Å². The van der Waals surface area contributed by atoms with E-state index in [1.54, 1.807) is 49.4 Å². The van der Waals surface area contributed by atoms with Crippen molar-refractivity contribution in [2.75, 3.05) is 7.11 Å². The van der Waals surface area contributed by atoms with E-state index in [1.165, 1.54) is 7.11 Å². The quantitative estimate of drug-likeness (QED) is 0.365. The first-order valence-corrected chi connectivity index (χ1v) is 9.07. The zero-order chi connectivity index (χ0) is 20.4. The molecule has 0 aliphatic carbocycles. The van der Waals surface area contributed by atoms with Crippen molar-refractivity contribution in [1.29, 1.82) is 0 Å². The largest absolute Gasteiger partial charge is 0.493 e. The monoisotopic (exact) mass is 386 g/mol. The Balaban J connectivity index is 1.86. The molecular weight excluding hydrogens is 368 g/mol. The number of ether oxygens (including phenoxy) is 2. The second-order valence-electron chi connectivity index (χ2n) is 6.47. The third-order valence-electron chi connectivity index (χ3n) is 4.67. The zero-order valence-electron chi connectivity index (χ0n) is 16.0. The molecule has 0 unspecified atom stereocenters. The molecule has 3 aromatic carbocycles. The van der Waals surface area contributed by atoms with Crippen molar-refractivity contribution in [3.05, 3.63) is 94.1 Å². The lowest BCUT2D eigenvalue weighted by Gasteiger charge is -2.11. The van der Waals surface area contributed by atoms with Gasteiger partial charge in [-0.1, -0.05) is 48.5 Å². The highest BCUT2D eigenvalue weighted by Crippen LogP contribution is 2.30. The van der Waals surface area contributed by atoms with Gasteiger partial charge in [-0.15, -0.1) is 0 Å². The summed E-state index contributed by atoms with van der Waals surface area (Å²) < 4.78 is 16.8. The molecule has 5 heteroatoms. The highest BCUT2D eigenvalue weighted by Gasteiger charge is 2.20. The molecule has 0 fully saturated rings. The van der Waals surface area contributed by atoms with Gasteiger partial charge in [-0.25, -0.2) is 4.79 Å². The molecule has 0 atom stereocenters. The topological polar surface area (TPSA) is 65.7 Å². The van der Waals surface area contributed by atoms with Crippen LogP contribution in [0.2, 0.25) is 0 Å². The number of rotatable bonds is 4. The van der Waals surface area contributed by atoms with Crippen LogP contribution in [-0.2, 0) is 0 Å². The highest BCUT2D eigenvalue weighted by atomic mass is 16.6. The molecule has 144 valence electrons. The van der Waals surface area contributed by atoms with Crippen LogP contribution in [0.1, 0.15) is 15.9 Å². The summed E-state index contributed by atoms with van der Waals surface area (Å²) in [6.45, 7) is 1.72. The minimum absolute atomic E-state index is 0.169. The Morgan fingerprint density at radius 3 is 2.28 bits per heavy atom. The fourth-order valence-corrected chi connectivity index (χ4v) is 3.19. The second kappa shape index (κ2) is 7.64. The second-order valence-corrected chi connectivity index (χ2v) is 6.47. The first-order chi connectivity index (χ1) is 14.1. The number of fused-ring (bicyclic) bond motifs is 1. The van der Waals surface area contributed by atoms with Gasteiger partial charge >= 0.3 is 5.97 Å². The van der Waals surface area contributed by atoms with Gasteiger partial charge in [0, 0.05) is 11.1 Å². The third kappa shape index (κ3) is 3.38. The van der Waals surface area contributed by atoms with E-state index in [4.69, 9.17) is 13.9 Å². The van der Waals surface area contributed by atoms with E-state index in [2.05, 4.69) is 0 Å². The predicted octanol–water partition coefficient (Wildman–Crippen LogP) is 5.00. The van der Waals surface area contributed by atoms with Crippen LogP contribution in [0, 0.1) is 6.92 Å². The number of esters is 1. The molecule has 0 N–H and O–H groups in total. The molecule has 0 spiro atoms. The Kier molecular flexibility index (Phi) is 4.87. The SMILES string of the molecule is COc1ccccc1OC(=O)c1cccc2c(=O)c(C)c(-c3ccccc3)oc12. The van der Waals surface area contributed by atoms with Gasteiger partial charge in [-0.3, -0.25) is 4.79 Å². The van der Waals surface area contributed by atoms with Crippen LogP contribution in [-0.4, -0.2) is 13.1 Å². The molecule has 0 saturated carbocycles. The number of methoxy groups -OCH3 is 1. The number of benzene rings is 3. The predicted molar refractivity (Wildman–Crippen MR) is 111 cm³/mol. The molecule has 0 aliphatic heterocycles. The maximum Gasteiger partial charge on any atom is 0.347 e. The van der Waals surface area contributed by atoms with Crippen molar-refractivity contribution in [3.8, 4) is 22.8 Å². The fourth-order valence-electron chi connectivity index (χ4n) is 3.19. The lowest BCUT2D eigenvalue weighted by Crippen LogP contribution is -2.13. The summed E-state index contributed by atoms with van der Waals surface area (Å²) in [4.78, 5) is 25.8. The molecule has 1 heterocycles. The summed E-state index contributed by atoms with van der Waals surface area (Å²) in [5.41, 5.74) is 1.43. The van der Waals surface area contributed by atoms with Gasteiger partial charge in [0.25, 0.3) is 0 Å². The van der Waals surface area contributed by atoms with Crippen LogP contribution in [0.25, 0.3) is 22.3 Å². The lowest BCUT2D eigenvalue weighted by molar-refractivity contribution is 0.0730. The van der Waals surface area contributed by atoms with Crippen LogP contribution >= 0.6 is 0 Å². The minimum atomic E-state index is -0.633. The maximum absolute atomic E-state index is 12.9. The Morgan fingerprint density at radius 2 is 1.55 bits per heavy atom. The van der Waals surface area contributed by atoms with Crippen LogP contribution in [0.15, 0.2) is 82.0 Å². The first-order valence-electron chi connectivity index (χ1n) is 9.07. The summed E-state index contributed by atoms with van der Waals surface area (Å²) >= 11 is 0. The van der Waals surface area contributed by atoms with Crippen LogP contribution in [0.5, 0.6) is 11.5 Å². The molecule has 0 bridgehead atoms.